The maximum Gasteiger partial charge on any atom is 0.265 e. The van der Waals surface area contributed by atoms with Crippen molar-refractivity contribution in [2.75, 3.05) is 50.6 Å². The lowest BCUT2D eigenvalue weighted by atomic mass is 10.2. The molecule has 1 heterocycles. The first-order valence-electron chi connectivity index (χ1n) is 9.21. The summed E-state index contributed by atoms with van der Waals surface area (Å²) < 4.78 is 11.0. The van der Waals surface area contributed by atoms with Crippen molar-refractivity contribution >= 4 is 17.3 Å². The standard InChI is InChI=1S/C21H27N3O3/c1-16(27-20-7-5-4-6-19(20)26-3)21(25)22-17-8-10-18(11-9-17)24-14-12-23(2)13-15-24/h4-11,16H,12-15H2,1-3H3,(H,22,25). The molecule has 1 fully saturated rings. The van der Waals surface area contributed by atoms with E-state index in [0.29, 0.717) is 11.5 Å². The molecule has 0 spiro atoms. The van der Waals surface area contributed by atoms with Crippen LogP contribution in [0, 0.1) is 0 Å². The summed E-state index contributed by atoms with van der Waals surface area (Å²) >= 11 is 0. The molecule has 27 heavy (non-hydrogen) atoms. The molecular weight excluding hydrogens is 342 g/mol. The number of amides is 1. The zero-order valence-electron chi connectivity index (χ0n) is 16.1. The van der Waals surface area contributed by atoms with Gasteiger partial charge in [0.2, 0.25) is 0 Å². The Bertz CT molecular complexity index is 756. The average molecular weight is 369 g/mol. The van der Waals surface area contributed by atoms with Gasteiger partial charge in [0.1, 0.15) is 0 Å². The molecule has 0 aromatic heterocycles. The van der Waals surface area contributed by atoms with Crippen LogP contribution in [0.3, 0.4) is 0 Å². The summed E-state index contributed by atoms with van der Waals surface area (Å²) in [5.41, 5.74) is 1.94. The molecule has 1 saturated heterocycles. The van der Waals surface area contributed by atoms with Gasteiger partial charge in [-0.15, -0.1) is 0 Å². The SMILES string of the molecule is COc1ccccc1OC(C)C(=O)Nc1ccc(N2CCN(C)CC2)cc1. The molecule has 1 aliphatic heterocycles. The smallest absolute Gasteiger partial charge is 0.265 e. The van der Waals surface area contributed by atoms with Crippen molar-refractivity contribution < 1.29 is 14.3 Å². The Morgan fingerprint density at radius 1 is 1.00 bits per heavy atom. The number of rotatable bonds is 6. The number of likely N-dealkylation sites (N-methyl/N-ethyl adjacent to an activating group) is 1. The topological polar surface area (TPSA) is 54.0 Å². The van der Waals surface area contributed by atoms with Gasteiger partial charge in [-0.25, -0.2) is 0 Å². The fourth-order valence-corrected chi connectivity index (χ4v) is 3.02. The number of piperazine rings is 1. The molecule has 6 heteroatoms. The fraction of sp³-hybridized carbons (Fsp3) is 0.381. The third kappa shape index (κ3) is 4.92. The van der Waals surface area contributed by atoms with E-state index in [1.807, 2.05) is 36.4 Å². The van der Waals surface area contributed by atoms with Crippen LogP contribution in [0.2, 0.25) is 0 Å². The third-order valence-corrected chi connectivity index (χ3v) is 4.75. The Kier molecular flexibility index (Phi) is 6.19. The van der Waals surface area contributed by atoms with Crippen LogP contribution in [-0.2, 0) is 4.79 Å². The maximum atomic E-state index is 12.4. The highest BCUT2D eigenvalue weighted by Crippen LogP contribution is 2.27. The number of carbonyl (C=O) groups excluding carboxylic acids is 1. The number of benzene rings is 2. The van der Waals surface area contributed by atoms with Crippen LogP contribution in [0.25, 0.3) is 0 Å². The second kappa shape index (κ2) is 8.77. The van der Waals surface area contributed by atoms with Gasteiger partial charge < -0.3 is 24.6 Å². The first-order valence-corrected chi connectivity index (χ1v) is 9.21. The molecule has 0 saturated carbocycles. The minimum Gasteiger partial charge on any atom is -0.493 e. The number of methoxy groups -OCH3 is 1. The zero-order chi connectivity index (χ0) is 19.2. The Balaban J connectivity index is 1.57. The highest BCUT2D eigenvalue weighted by Gasteiger charge is 2.18. The van der Waals surface area contributed by atoms with Crippen molar-refractivity contribution in [3.8, 4) is 11.5 Å². The summed E-state index contributed by atoms with van der Waals surface area (Å²) in [4.78, 5) is 17.1. The lowest BCUT2D eigenvalue weighted by molar-refractivity contribution is -0.122. The van der Waals surface area contributed by atoms with E-state index in [2.05, 4.69) is 22.2 Å². The van der Waals surface area contributed by atoms with Gasteiger partial charge in [0, 0.05) is 37.6 Å². The summed E-state index contributed by atoms with van der Waals surface area (Å²) in [7, 11) is 3.72. The molecule has 0 aliphatic carbocycles. The Morgan fingerprint density at radius 3 is 2.26 bits per heavy atom. The lowest BCUT2D eigenvalue weighted by Gasteiger charge is -2.34. The summed E-state index contributed by atoms with van der Waals surface area (Å²) in [5.74, 6) is 0.954. The average Bonchev–Trinajstić information content (AvgIpc) is 2.69. The lowest BCUT2D eigenvalue weighted by Crippen LogP contribution is -2.44. The molecular formula is C21H27N3O3. The number of para-hydroxylation sites is 2. The number of nitrogens with one attached hydrogen (secondary N) is 1. The van der Waals surface area contributed by atoms with Crippen LogP contribution in [0.4, 0.5) is 11.4 Å². The van der Waals surface area contributed by atoms with E-state index < -0.39 is 6.10 Å². The van der Waals surface area contributed by atoms with Crippen LogP contribution in [0.15, 0.2) is 48.5 Å². The largest absolute Gasteiger partial charge is 0.493 e. The van der Waals surface area contributed by atoms with E-state index in [0.717, 1.165) is 31.9 Å². The van der Waals surface area contributed by atoms with Crippen molar-refractivity contribution in [1.29, 1.82) is 0 Å². The second-order valence-corrected chi connectivity index (χ2v) is 6.74. The summed E-state index contributed by atoms with van der Waals surface area (Å²) in [6.45, 7) is 5.89. The van der Waals surface area contributed by atoms with Crippen molar-refractivity contribution in [1.82, 2.24) is 4.90 Å². The summed E-state index contributed by atoms with van der Waals surface area (Å²) in [6, 6.07) is 15.3. The van der Waals surface area contributed by atoms with E-state index in [4.69, 9.17) is 9.47 Å². The van der Waals surface area contributed by atoms with Gasteiger partial charge in [-0.05, 0) is 50.4 Å². The number of anilines is 2. The molecule has 6 nitrogen and oxygen atoms in total. The van der Waals surface area contributed by atoms with E-state index >= 15 is 0 Å². The van der Waals surface area contributed by atoms with Crippen molar-refractivity contribution in [2.24, 2.45) is 0 Å². The Labute approximate surface area is 160 Å². The fourth-order valence-electron chi connectivity index (χ4n) is 3.02. The number of ether oxygens (including phenoxy) is 2. The zero-order valence-corrected chi connectivity index (χ0v) is 16.1. The Morgan fingerprint density at radius 2 is 1.63 bits per heavy atom. The van der Waals surface area contributed by atoms with Crippen molar-refractivity contribution in [3.63, 3.8) is 0 Å². The highest BCUT2D eigenvalue weighted by atomic mass is 16.5. The molecule has 0 radical (unpaired) electrons. The first kappa shape index (κ1) is 19.0. The van der Waals surface area contributed by atoms with Crippen LogP contribution in [0.5, 0.6) is 11.5 Å². The van der Waals surface area contributed by atoms with Gasteiger partial charge in [-0.1, -0.05) is 12.1 Å². The van der Waals surface area contributed by atoms with Crippen LogP contribution < -0.4 is 19.7 Å². The molecule has 1 amide bonds. The molecule has 2 aromatic carbocycles. The monoisotopic (exact) mass is 369 g/mol. The molecule has 1 aliphatic rings. The minimum atomic E-state index is -0.640. The molecule has 144 valence electrons. The number of nitrogens with zero attached hydrogens (tertiary/aromatic N) is 2. The van der Waals surface area contributed by atoms with Crippen molar-refractivity contribution in [2.45, 2.75) is 13.0 Å². The molecule has 0 bridgehead atoms. The molecule has 1 atom stereocenters. The summed E-state index contributed by atoms with van der Waals surface area (Å²) in [5, 5.41) is 2.91. The van der Waals surface area contributed by atoms with Crippen molar-refractivity contribution in [3.05, 3.63) is 48.5 Å². The van der Waals surface area contributed by atoms with Gasteiger partial charge >= 0.3 is 0 Å². The van der Waals surface area contributed by atoms with Gasteiger partial charge in [-0.2, -0.15) is 0 Å². The van der Waals surface area contributed by atoms with Crippen LogP contribution in [-0.4, -0.2) is 57.2 Å². The number of hydrogen-bond donors (Lipinski definition) is 1. The summed E-state index contributed by atoms with van der Waals surface area (Å²) in [6.07, 6.45) is -0.640. The van der Waals surface area contributed by atoms with E-state index in [-0.39, 0.29) is 5.91 Å². The highest BCUT2D eigenvalue weighted by molar-refractivity contribution is 5.94. The van der Waals surface area contributed by atoms with Crippen LogP contribution in [0.1, 0.15) is 6.92 Å². The second-order valence-electron chi connectivity index (χ2n) is 6.74. The minimum absolute atomic E-state index is 0.201. The molecule has 3 rings (SSSR count). The molecule has 2 aromatic rings. The quantitative estimate of drug-likeness (QED) is 0.849. The van der Waals surface area contributed by atoms with Crippen LogP contribution >= 0.6 is 0 Å². The maximum absolute atomic E-state index is 12.4. The van der Waals surface area contributed by atoms with Gasteiger partial charge in [0.15, 0.2) is 17.6 Å². The third-order valence-electron chi connectivity index (χ3n) is 4.75. The van der Waals surface area contributed by atoms with Gasteiger partial charge in [0.05, 0.1) is 7.11 Å². The first-order chi connectivity index (χ1) is 13.1. The van der Waals surface area contributed by atoms with E-state index in [1.165, 1.54) is 5.69 Å². The van der Waals surface area contributed by atoms with Gasteiger partial charge in [-0.3, -0.25) is 4.79 Å². The Hall–Kier alpha value is -2.73. The molecule has 1 unspecified atom stereocenters. The molecule has 1 N–H and O–H groups in total. The number of hydrogen-bond acceptors (Lipinski definition) is 5. The van der Waals surface area contributed by atoms with E-state index in [1.54, 1.807) is 26.2 Å². The normalized spacial score (nSPS) is 15.9. The van der Waals surface area contributed by atoms with Gasteiger partial charge in [0.25, 0.3) is 5.91 Å². The predicted octanol–water partition coefficient (Wildman–Crippen LogP) is 2.85. The number of carbonyl (C=O) groups is 1. The predicted molar refractivity (Wildman–Crippen MR) is 108 cm³/mol. The van der Waals surface area contributed by atoms with E-state index in [9.17, 15) is 4.79 Å².